The number of nitro benzene ring substituents is 1. The van der Waals surface area contributed by atoms with E-state index in [0.29, 0.717) is 4.90 Å². The van der Waals surface area contributed by atoms with Gasteiger partial charge in [-0.15, -0.1) is 0 Å². The van der Waals surface area contributed by atoms with Gasteiger partial charge in [-0.3, -0.25) is 19.7 Å². The van der Waals surface area contributed by atoms with Crippen molar-refractivity contribution < 1.29 is 24.0 Å². The van der Waals surface area contributed by atoms with Crippen molar-refractivity contribution >= 4 is 29.0 Å². The van der Waals surface area contributed by atoms with Crippen LogP contribution in [0, 0.1) is 10.1 Å². The molecule has 0 saturated carbocycles. The minimum Gasteiger partial charge on any atom is -0.483 e. The Morgan fingerprint density at radius 3 is 2.32 bits per heavy atom. The topological polar surface area (TPSA) is 95.7 Å². The lowest BCUT2D eigenvalue weighted by Gasteiger charge is -2.23. The number of hydrogen-bond acceptors (Lipinski definition) is 7. The van der Waals surface area contributed by atoms with Crippen LogP contribution in [0.15, 0.2) is 51.7 Å². The zero-order valence-corrected chi connectivity index (χ0v) is 11.9. The average molecular weight is 319 g/mol. The van der Waals surface area contributed by atoms with E-state index >= 15 is 0 Å². The Hall–Kier alpha value is -2.61. The van der Waals surface area contributed by atoms with E-state index in [1.165, 1.54) is 30.3 Å². The molecule has 0 N–H and O–H groups in total. The van der Waals surface area contributed by atoms with E-state index < -0.39 is 16.5 Å². The molecule has 1 aliphatic heterocycles. The minimum absolute atomic E-state index is 0.0432. The van der Waals surface area contributed by atoms with Gasteiger partial charge in [0.1, 0.15) is 13.2 Å². The third-order valence-corrected chi connectivity index (χ3v) is 4.00. The van der Waals surface area contributed by atoms with Crippen molar-refractivity contribution in [1.82, 2.24) is 0 Å². The van der Waals surface area contributed by atoms with Gasteiger partial charge in [-0.05, 0) is 12.1 Å². The number of hydrogen-bond donors (Lipinski definition) is 0. The summed E-state index contributed by atoms with van der Waals surface area (Å²) in [5.74, 6) is -0.955. The van der Waals surface area contributed by atoms with Crippen LogP contribution in [0.3, 0.4) is 0 Å². The molecular formula is C14H9NO6S. The zero-order valence-electron chi connectivity index (χ0n) is 11.1. The molecule has 7 nitrogen and oxygen atoms in total. The van der Waals surface area contributed by atoms with Gasteiger partial charge < -0.3 is 9.47 Å². The van der Waals surface area contributed by atoms with Gasteiger partial charge in [0, 0.05) is 23.1 Å². The number of carbonyl (C=O) groups is 2. The molecule has 112 valence electrons. The summed E-state index contributed by atoms with van der Waals surface area (Å²) in [5.41, 5.74) is -0.0432. The van der Waals surface area contributed by atoms with Crippen LogP contribution in [0.2, 0.25) is 0 Å². The smallest absolute Gasteiger partial charge is 0.269 e. The summed E-state index contributed by atoms with van der Waals surface area (Å²) in [6.45, 7) is 0.448. The molecule has 0 amide bonds. The van der Waals surface area contributed by atoms with Crippen LogP contribution in [-0.4, -0.2) is 29.7 Å². The molecule has 0 spiro atoms. The number of rotatable bonds is 3. The van der Waals surface area contributed by atoms with E-state index in [9.17, 15) is 19.7 Å². The van der Waals surface area contributed by atoms with Gasteiger partial charge in [0.2, 0.25) is 23.1 Å². The molecule has 1 aromatic carbocycles. The number of thioether (sulfide) groups is 1. The first-order valence-electron chi connectivity index (χ1n) is 6.29. The SMILES string of the molecule is O=C1C=C(Sc2ccc([N+](=O)[O-])cc2)C(=O)C2=C1OCCO2. The summed E-state index contributed by atoms with van der Waals surface area (Å²) < 4.78 is 10.4. The second-order valence-electron chi connectivity index (χ2n) is 4.41. The molecule has 0 saturated heterocycles. The third-order valence-electron chi connectivity index (χ3n) is 2.97. The number of ketones is 2. The van der Waals surface area contributed by atoms with E-state index in [1.54, 1.807) is 0 Å². The Kier molecular flexibility index (Phi) is 3.68. The number of benzene rings is 1. The fourth-order valence-corrected chi connectivity index (χ4v) is 2.85. The standard InChI is InChI=1S/C14H9NO6S/c16-10-7-11(12(17)14-13(10)20-5-6-21-14)22-9-3-1-8(2-4-9)15(18)19/h1-4,7H,5-6H2. The maximum atomic E-state index is 12.3. The number of nitro groups is 1. The van der Waals surface area contributed by atoms with Crippen molar-refractivity contribution in [2.75, 3.05) is 13.2 Å². The van der Waals surface area contributed by atoms with Gasteiger partial charge in [-0.2, -0.15) is 0 Å². The van der Waals surface area contributed by atoms with Gasteiger partial charge in [-0.25, -0.2) is 0 Å². The Morgan fingerprint density at radius 1 is 1.05 bits per heavy atom. The molecule has 0 bridgehead atoms. The highest BCUT2D eigenvalue weighted by Gasteiger charge is 2.34. The molecule has 1 aromatic rings. The van der Waals surface area contributed by atoms with Crippen molar-refractivity contribution in [3.63, 3.8) is 0 Å². The molecular weight excluding hydrogens is 310 g/mol. The number of Topliss-reactive ketones (excluding diaryl/α,β-unsaturated/α-hetero) is 1. The highest BCUT2D eigenvalue weighted by atomic mass is 32.2. The first-order chi connectivity index (χ1) is 10.6. The summed E-state index contributed by atoms with van der Waals surface area (Å²) >= 11 is 1.05. The largest absolute Gasteiger partial charge is 0.483 e. The van der Waals surface area contributed by atoms with Gasteiger partial charge in [-0.1, -0.05) is 11.8 Å². The van der Waals surface area contributed by atoms with E-state index in [0.717, 1.165) is 11.8 Å². The number of carbonyl (C=O) groups excluding carboxylic acids is 2. The lowest BCUT2D eigenvalue weighted by atomic mass is 10.1. The second-order valence-corrected chi connectivity index (χ2v) is 5.53. The van der Waals surface area contributed by atoms with Crippen LogP contribution in [0.4, 0.5) is 5.69 Å². The highest BCUT2D eigenvalue weighted by Crippen LogP contribution is 2.34. The molecule has 0 aromatic heterocycles. The summed E-state index contributed by atoms with van der Waals surface area (Å²) in [5, 5.41) is 10.6. The maximum absolute atomic E-state index is 12.3. The van der Waals surface area contributed by atoms with Gasteiger partial charge in [0.25, 0.3) is 5.69 Å². The van der Waals surface area contributed by atoms with Gasteiger partial charge >= 0.3 is 0 Å². The second kappa shape index (κ2) is 5.64. The molecule has 3 rings (SSSR count). The fourth-order valence-electron chi connectivity index (χ4n) is 1.97. The molecule has 22 heavy (non-hydrogen) atoms. The summed E-state index contributed by atoms with van der Waals surface area (Å²) in [7, 11) is 0. The predicted molar refractivity (Wildman–Crippen MR) is 76.0 cm³/mol. The van der Waals surface area contributed by atoms with Gasteiger partial charge in [0.15, 0.2) is 0 Å². The van der Waals surface area contributed by atoms with Crippen molar-refractivity contribution in [2.24, 2.45) is 0 Å². The summed E-state index contributed by atoms with van der Waals surface area (Å²) in [4.78, 5) is 35.1. The van der Waals surface area contributed by atoms with Crippen LogP contribution >= 0.6 is 11.8 Å². The maximum Gasteiger partial charge on any atom is 0.269 e. The lowest BCUT2D eigenvalue weighted by Crippen LogP contribution is -2.27. The fraction of sp³-hybridized carbons (Fsp3) is 0.143. The third kappa shape index (κ3) is 2.60. The van der Waals surface area contributed by atoms with Crippen molar-refractivity contribution in [3.05, 3.63) is 56.9 Å². The zero-order chi connectivity index (χ0) is 15.7. The minimum atomic E-state index is -0.507. The van der Waals surface area contributed by atoms with Crippen molar-refractivity contribution in [2.45, 2.75) is 4.90 Å². The van der Waals surface area contributed by atoms with E-state index in [1.807, 2.05) is 0 Å². The van der Waals surface area contributed by atoms with Crippen LogP contribution in [0.5, 0.6) is 0 Å². The molecule has 0 radical (unpaired) electrons. The van der Waals surface area contributed by atoms with Crippen LogP contribution < -0.4 is 0 Å². The number of non-ortho nitro benzene ring substituents is 1. The Labute approximate surface area is 128 Å². The molecule has 0 fully saturated rings. The quantitative estimate of drug-likeness (QED) is 0.477. The van der Waals surface area contributed by atoms with Crippen molar-refractivity contribution in [3.8, 4) is 0 Å². The molecule has 1 heterocycles. The van der Waals surface area contributed by atoms with Gasteiger partial charge in [0.05, 0.1) is 9.83 Å². The normalized spacial score (nSPS) is 17.4. The van der Waals surface area contributed by atoms with Crippen molar-refractivity contribution in [1.29, 1.82) is 0 Å². The molecule has 8 heteroatoms. The summed E-state index contributed by atoms with van der Waals surface area (Å²) in [6, 6.07) is 5.71. The molecule has 1 aliphatic carbocycles. The number of ether oxygens (including phenoxy) is 2. The van der Waals surface area contributed by atoms with Crippen LogP contribution in [-0.2, 0) is 19.1 Å². The molecule has 2 aliphatic rings. The Bertz CT molecular complexity index is 734. The van der Waals surface area contributed by atoms with E-state index in [2.05, 4.69) is 0 Å². The van der Waals surface area contributed by atoms with E-state index in [4.69, 9.17) is 9.47 Å². The van der Waals surface area contributed by atoms with E-state index in [-0.39, 0.29) is 35.3 Å². The monoisotopic (exact) mass is 319 g/mol. The molecule has 0 atom stereocenters. The first kappa shape index (κ1) is 14.3. The predicted octanol–water partition coefficient (Wildman–Crippen LogP) is 1.98. The Balaban J connectivity index is 1.82. The summed E-state index contributed by atoms with van der Waals surface area (Å²) in [6.07, 6.45) is 1.20. The first-order valence-corrected chi connectivity index (χ1v) is 7.11. The lowest BCUT2D eigenvalue weighted by molar-refractivity contribution is -0.384. The van der Waals surface area contributed by atoms with Crippen LogP contribution in [0.1, 0.15) is 0 Å². The Morgan fingerprint density at radius 2 is 1.68 bits per heavy atom. The van der Waals surface area contributed by atoms with Crippen LogP contribution in [0.25, 0.3) is 0 Å². The average Bonchev–Trinajstić information content (AvgIpc) is 2.53. The number of allylic oxidation sites excluding steroid dienone is 2. The highest BCUT2D eigenvalue weighted by molar-refractivity contribution is 8.04. The number of nitrogens with zero attached hydrogens (tertiary/aromatic N) is 1. The molecule has 0 unspecified atom stereocenters.